The number of hydrogen-bond acceptors (Lipinski definition) is 4. The SMILES string of the molecule is C[C@@H]1CN(S(=O)(=O)Cc2cccnc2)CCN1. The Morgan fingerprint density at radius 3 is 3.06 bits per heavy atom. The van der Waals surface area contributed by atoms with E-state index in [9.17, 15) is 8.42 Å². The van der Waals surface area contributed by atoms with E-state index in [2.05, 4.69) is 10.3 Å². The van der Waals surface area contributed by atoms with E-state index >= 15 is 0 Å². The third-order valence-electron chi connectivity index (χ3n) is 2.80. The summed E-state index contributed by atoms with van der Waals surface area (Å²) in [5.41, 5.74) is 0.735. The standard InChI is InChI=1S/C11H17N3O2S/c1-10-8-14(6-5-13-10)17(15,16)9-11-3-2-4-12-7-11/h2-4,7,10,13H,5-6,8-9H2,1H3/t10-/m1/s1. The zero-order valence-electron chi connectivity index (χ0n) is 9.83. The van der Waals surface area contributed by atoms with Crippen molar-refractivity contribution in [2.75, 3.05) is 19.6 Å². The first kappa shape index (κ1) is 12.5. The normalized spacial score (nSPS) is 22.5. The molecule has 1 aromatic rings. The van der Waals surface area contributed by atoms with Gasteiger partial charge in [-0.2, -0.15) is 4.31 Å². The number of sulfonamides is 1. The molecule has 0 unspecified atom stereocenters. The van der Waals surface area contributed by atoms with E-state index in [0.29, 0.717) is 19.6 Å². The number of nitrogens with zero attached hydrogens (tertiary/aromatic N) is 2. The summed E-state index contributed by atoms with van der Waals surface area (Å²) in [6, 6.07) is 3.76. The zero-order chi connectivity index (χ0) is 12.3. The van der Waals surface area contributed by atoms with Gasteiger partial charge in [0.1, 0.15) is 0 Å². The van der Waals surface area contributed by atoms with Gasteiger partial charge in [-0.3, -0.25) is 4.98 Å². The topological polar surface area (TPSA) is 62.3 Å². The summed E-state index contributed by atoms with van der Waals surface area (Å²) in [5.74, 6) is 0.0353. The summed E-state index contributed by atoms with van der Waals surface area (Å²) < 4.78 is 25.9. The largest absolute Gasteiger partial charge is 0.312 e. The van der Waals surface area contributed by atoms with Gasteiger partial charge in [0, 0.05) is 38.1 Å². The molecule has 0 aromatic carbocycles. The van der Waals surface area contributed by atoms with Crippen LogP contribution in [-0.4, -0.2) is 43.4 Å². The molecular weight excluding hydrogens is 238 g/mol. The van der Waals surface area contributed by atoms with Crippen molar-refractivity contribution in [1.29, 1.82) is 0 Å². The summed E-state index contributed by atoms with van der Waals surface area (Å²) in [5, 5.41) is 3.23. The number of aromatic nitrogens is 1. The maximum absolute atomic E-state index is 12.2. The molecule has 17 heavy (non-hydrogen) atoms. The number of piperazine rings is 1. The Hall–Kier alpha value is -0.980. The van der Waals surface area contributed by atoms with Crippen LogP contribution < -0.4 is 5.32 Å². The lowest BCUT2D eigenvalue weighted by Gasteiger charge is -2.30. The monoisotopic (exact) mass is 255 g/mol. The predicted octanol–water partition coefficient (Wildman–Crippen LogP) is 0.205. The Bertz CT molecular complexity index is 461. The minimum absolute atomic E-state index is 0.0353. The minimum Gasteiger partial charge on any atom is -0.312 e. The van der Waals surface area contributed by atoms with Crippen LogP contribution >= 0.6 is 0 Å². The van der Waals surface area contributed by atoms with Crippen molar-refractivity contribution in [3.8, 4) is 0 Å². The molecule has 1 aliphatic heterocycles. The molecule has 1 N–H and O–H groups in total. The molecule has 1 fully saturated rings. The first-order valence-electron chi connectivity index (χ1n) is 5.68. The van der Waals surface area contributed by atoms with Gasteiger partial charge in [-0.05, 0) is 18.6 Å². The third kappa shape index (κ3) is 3.24. The lowest BCUT2D eigenvalue weighted by atomic mass is 10.3. The van der Waals surface area contributed by atoms with Gasteiger partial charge in [-0.25, -0.2) is 8.42 Å². The van der Waals surface area contributed by atoms with Crippen molar-refractivity contribution in [1.82, 2.24) is 14.6 Å². The lowest BCUT2D eigenvalue weighted by Crippen LogP contribution is -2.51. The van der Waals surface area contributed by atoms with E-state index in [0.717, 1.165) is 5.56 Å². The van der Waals surface area contributed by atoms with Crippen LogP contribution in [-0.2, 0) is 15.8 Å². The van der Waals surface area contributed by atoms with E-state index in [1.807, 2.05) is 6.92 Å². The van der Waals surface area contributed by atoms with Crippen LogP contribution in [0.4, 0.5) is 0 Å². The fourth-order valence-corrected chi connectivity index (χ4v) is 3.53. The molecule has 6 heteroatoms. The van der Waals surface area contributed by atoms with Crippen molar-refractivity contribution in [3.63, 3.8) is 0 Å². The zero-order valence-corrected chi connectivity index (χ0v) is 10.7. The molecule has 0 saturated carbocycles. The summed E-state index contributed by atoms with van der Waals surface area (Å²) in [6.45, 7) is 3.80. The maximum Gasteiger partial charge on any atom is 0.218 e. The smallest absolute Gasteiger partial charge is 0.218 e. The molecule has 2 rings (SSSR count). The molecule has 1 aliphatic rings. The van der Waals surface area contributed by atoms with Crippen LogP contribution in [0.1, 0.15) is 12.5 Å². The average molecular weight is 255 g/mol. The van der Waals surface area contributed by atoms with Gasteiger partial charge in [0.25, 0.3) is 0 Å². The Labute approximate surface area is 102 Å². The van der Waals surface area contributed by atoms with Crippen LogP contribution in [0.25, 0.3) is 0 Å². The molecule has 0 spiro atoms. The second kappa shape index (κ2) is 5.12. The summed E-state index contributed by atoms with van der Waals surface area (Å²) in [6.07, 6.45) is 3.24. The number of rotatable bonds is 3. The van der Waals surface area contributed by atoms with Crippen molar-refractivity contribution in [3.05, 3.63) is 30.1 Å². The second-order valence-corrected chi connectivity index (χ2v) is 6.30. The third-order valence-corrected chi connectivity index (χ3v) is 4.61. The Morgan fingerprint density at radius 1 is 1.59 bits per heavy atom. The highest BCUT2D eigenvalue weighted by molar-refractivity contribution is 7.88. The second-order valence-electron chi connectivity index (χ2n) is 4.33. The Balaban J connectivity index is 2.08. The van der Waals surface area contributed by atoms with Crippen LogP contribution in [0.3, 0.4) is 0 Å². The van der Waals surface area contributed by atoms with Gasteiger partial charge in [0.15, 0.2) is 0 Å². The van der Waals surface area contributed by atoms with Crippen LogP contribution in [0.2, 0.25) is 0 Å². The van der Waals surface area contributed by atoms with Gasteiger partial charge in [0.05, 0.1) is 5.75 Å². The molecule has 0 radical (unpaired) electrons. The van der Waals surface area contributed by atoms with E-state index in [1.165, 1.54) is 0 Å². The number of hydrogen-bond donors (Lipinski definition) is 1. The number of pyridine rings is 1. The highest BCUT2D eigenvalue weighted by Gasteiger charge is 2.26. The van der Waals surface area contributed by atoms with E-state index in [4.69, 9.17) is 0 Å². The maximum atomic E-state index is 12.2. The van der Waals surface area contributed by atoms with Gasteiger partial charge in [0.2, 0.25) is 10.0 Å². The Morgan fingerprint density at radius 2 is 2.41 bits per heavy atom. The quantitative estimate of drug-likeness (QED) is 0.838. The molecule has 0 aliphatic carbocycles. The molecule has 1 saturated heterocycles. The van der Waals surface area contributed by atoms with Gasteiger partial charge < -0.3 is 5.32 Å². The highest BCUT2D eigenvalue weighted by Crippen LogP contribution is 2.12. The highest BCUT2D eigenvalue weighted by atomic mass is 32.2. The van der Waals surface area contributed by atoms with Crippen LogP contribution in [0, 0.1) is 0 Å². The van der Waals surface area contributed by atoms with Crippen molar-refractivity contribution in [2.45, 2.75) is 18.7 Å². The van der Waals surface area contributed by atoms with Gasteiger partial charge in [-0.15, -0.1) is 0 Å². The fourth-order valence-electron chi connectivity index (χ4n) is 1.93. The van der Waals surface area contributed by atoms with Crippen molar-refractivity contribution < 1.29 is 8.42 Å². The van der Waals surface area contributed by atoms with Crippen LogP contribution in [0.5, 0.6) is 0 Å². The predicted molar refractivity (Wildman–Crippen MR) is 65.9 cm³/mol. The van der Waals surface area contributed by atoms with Gasteiger partial charge in [-0.1, -0.05) is 6.07 Å². The minimum atomic E-state index is -3.22. The van der Waals surface area contributed by atoms with Crippen molar-refractivity contribution >= 4 is 10.0 Å². The fraction of sp³-hybridized carbons (Fsp3) is 0.545. The molecule has 1 atom stereocenters. The molecule has 0 amide bonds. The molecular formula is C11H17N3O2S. The molecule has 94 valence electrons. The lowest BCUT2D eigenvalue weighted by molar-refractivity contribution is 0.310. The average Bonchev–Trinajstić information content (AvgIpc) is 2.30. The molecule has 2 heterocycles. The summed E-state index contributed by atoms with van der Waals surface area (Å²) in [4.78, 5) is 3.93. The van der Waals surface area contributed by atoms with E-state index in [-0.39, 0.29) is 11.8 Å². The summed E-state index contributed by atoms with van der Waals surface area (Å²) in [7, 11) is -3.22. The van der Waals surface area contributed by atoms with E-state index in [1.54, 1.807) is 28.8 Å². The van der Waals surface area contributed by atoms with Crippen LogP contribution in [0.15, 0.2) is 24.5 Å². The molecule has 1 aromatic heterocycles. The molecule has 0 bridgehead atoms. The molecule has 5 nitrogen and oxygen atoms in total. The van der Waals surface area contributed by atoms with E-state index < -0.39 is 10.0 Å². The first-order chi connectivity index (χ1) is 8.08. The van der Waals surface area contributed by atoms with Crippen molar-refractivity contribution in [2.24, 2.45) is 0 Å². The first-order valence-corrected chi connectivity index (χ1v) is 7.29. The summed E-state index contributed by atoms with van der Waals surface area (Å²) >= 11 is 0. The van der Waals surface area contributed by atoms with Gasteiger partial charge >= 0.3 is 0 Å². The Kier molecular flexibility index (Phi) is 3.76. The number of nitrogens with one attached hydrogen (secondary N) is 1.